The van der Waals surface area contributed by atoms with E-state index in [0.717, 1.165) is 24.2 Å². The van der Waals surface area contributed by atoms with Crippen LogP contribution in [0.25, 0.3) is 11.3 Å². The molecule has 0 unspecified atom stereocenters. The highest BCUT2D eigenvalue weighted by Gasteiger charge is 2.16. The van der Waals surface area contributed by atoms with E-state index in [2.05, 4.69) is 20.8 Å². The van der Waals surface area contributed by atoms with Gasteiger partial charge in [0.25, 0.3) is 5.91 Å². The summed E-state index contributed by atoms with van der Waals surface area (Å²) in [6.07, 6.45) is 0.0503. The van der Waals surface area contributed by atoms with Crippen LogP contribution in [0.1, 0.15) is 22.2 Å². The van der Waals surface area contributed by atoms with E-state index in [9.17, 15) is 4.79 Å². The molecule has 1 fully saturated rings. The van der Waals surface area contributed by atoms with Crippen molar-refractivity contribution >= 4 is 23.2 Å². The van der Waals surface area contributed by atoms with Crippen LogP contribution >= 0.6 is 11.6 Å². The summed E-state index contributed by atoms with van der Waals surface area (Å²) in [4.78, 5) is 12.5. The Morgan fingerprint density at radius 1 is 1.19 bits per heavy atom. The van der Waals surface area contributed by atoms with Gasteiger partial charge in [-0.1, -0.05) is 41.9 Å². The molecule has 138 valence electrons. The highest BCUT2D eigenvalue weighted by Crippen LogP contribution is 2.26. The summed E-state index contributed by atoms with van der Waals surface area (Å²) in [7, 11) is 0. The first-order valence-corrected chi connectivity index (χ1v) is 9.12. The van der Waals surface area contributed by atoms with E-state index in [1.165, 1.54) is 0 Å². The third-order valence-corrected chi connectivity index (χ3v) is 4.77. The maximum absolute atomic E-state index is 12.5. The number of benzene rings is 2. The number of nitrogens with zero attached hydrogens (tertiary/aromatic N) is 1. The minimum atomic E-state index is -0.260. The first-order valence-electron chi connectivity index (χ1n) is 8.74. The summed E-state index contributed by atoms with van der Waals surface area (Å²) < 4.78 is 5.73. The van der Waals surface area contributed by atoms with Crippen molar-refractivity contribution < 1.29 is 9.53 Å². The standard InChI is InChI=1S/C20H19ClN4O2/c21-16-4-2-1-3-15(16)17-11-18(25-24-17)20(26)23-14-7-5-13(6-8-14)19-12-22-9-10-27-19/h1-8,11,19,22H,9-10,12H2,(H,23,26)(H,24,25)/t19-/m1/s1. The number of morpholine rings is 1. The fraction of sp³-hybridized carbons (Fsp3) is 0.200. The van der Waals surface area contributed by atoms with Crippen LogP contribution in [0.4, 0.5) is 5.69 Å². The molecule has 2 heterocycles. The number of carbonyl (C=O) groups excluding carboxylic acids is 1. The van der Waals surface area contributed by atoms with Crippen molar-refractivity contribution in [2.75, 3.05) is 25.0 Å². The van der Waals surface area contributed by atoms with Crippen LogP contribution in [-0.2, 0) is 4.74 Å². The Hall–Kier alpha value is -2.67. The molecular formula is C20H19ClN4O2. The number of amides is 1. The number of anilines is 1. The van der Waals surface area contributed by atoms with Gasteiger partial charge in [-0.25, -0.2) is 0 Å². The Labute approximate surface area is 161 Å². The van der Waals surface area contributed by atoms with Gasteiger partial charge in [0.15, 0.2) is 0 Å². The minimum absolute atomic E-state index is 0.0503. The summed E-state index contributed by atoms with van der Waals surface area (Å²) in [5, 5.41) is 13.7. The van der Waals surface area contributed by atoms with Gasteiger partial charge in [0.1, 0.15) is 5.69 Å². The minimum Gasteiger partial charge on any atom is -0.371 e. The molecule has 1 amide bonds. The summed E-state index contributed by atoms with van der Waals surface area (Å²) in [6, 6.07) is 16.7. The molecule has 4 rings (SSSR count). The average molecular weight is 383 g/mol. The van der Waals surface area contributed by atoms with Gasteiger partial charge < -0.3 is 15.4 Å². The number of nitrogens with one attached hydrogen (secondary N) is 3. The average Bonchev–Trinajstić information content (AvgIpc) is 3.20. The van der Waals surface area contributed by atoms with Crippen LogP contribution in [0, 0.1) is 0 Å². The number of carbonyl (C=O) groups is 1. The van der Waals surface area contributed by atoms with Crippen molar-refractivity contribution in [1.82, 2.24) is 15.5 Å². The quantitative estimate of drug-likeness (QED) is 0.643. The molecule has 0 saturated carbocycles. The molecule has 0 spiro atoms. The zero-order chi connectivity index (χ0) is 18.6. The molecule has 0 bridgehead atoms. The molecule has 1 aliphatic heterocycles. The monoisotopic (exact) mass is 382 g/mol. The number of halogens is 1. The number of H-pyrrole nitrogens is 1. The van der Waals surface area contributed by atoms with Crippen LogP contribution in [0.3, 0.4) is 0 Å². The van der Waals surface area contributed by atoms with E-state index in [4.69, 9.17) is 16.3 Å². The smallest absolute Gasteiger partial charge is 0.273 e. The number of rotatable bonds is 4. The Morgan fingerprint density at radius 3 is 2.74 bits per heavy atom. The number of hydrogen-bond acceptors (Lipinski definition) is 4. The maximum Gasteiger partial charge on any atom is 0.273 e. The molecule has 3 aromatic rings. The normalized spacial score (nSPS) is 16.9. The number of aromatic nitrogens is 2. The van der Waals surface area contributed by atoms with Gasteiger partial charge >= 0.3 is 0 Å². The van der Waals surface area contributed by atoms with Gasteiger partial charge in [0.05, 0.1) is 23.4 Å². The Kier molecular flexibility index (Phi) is 5.20. The molecule has 0 aliphatic carbocycles. The van der Waals surface area contributed by atoms with Crippen LogP contribution < -0.4 is 10.6 Å². The number of ether oxygens (including phenoxy) is 1. The third kappa shape index (κ3) is 4.03. The lowest BCUT2D eigenvalue weighted by Crippen LogP contribution is -2.33. The van der Waals surface area contributed by atoms with Gasteiger partial charge in [-0.3, -0.25) is 9.89 Å². The van der Waals surface area contributed by atoms with Gasteiger partial charge in [-0.15, -0.1) is 0 Å². The van der Waals surface area contributed by atoms with Crippen molar-refractivity contribution in [2.24, 2.45) is 0 Å². The zero-order valence-electron chi connectivity index (χ0n) is 14.5. The summed E-state index contributed by atoms with van der Waals surface area (Å²) >= 11 is 6.19. The molecule has 0 radical (unpaired) electrons. The molecule has 3 N–H and O–H groups in total. The van der Waals surface area contributed by atoms with Crippen LogP contribution in [0.5, 0.6) is 0 Å². The second kappa shape index (κ2) is 7.92. The summed E-state index contributed by atoms with van der Waals surface area (Å²) in [5.41, 5.74) is 3.57. The van der Waals surface area contributed by atoms with E-state index in [1.807, 2.05) is 42.5 Å². The molecule has 1 aliphatic rings. The van der Waals surface area contributed by atoms with E-state index in [1.54, 1.807) is 12.1 Å². The second-order valence-corrected chi connectivity index (χ2v) is 6.69. The topological polar surface area (TPSA) is 79.0 Å². The van der Waals surface area contributed by atoms with E-state index in [0.29, 0.717) is 28.7 Å². The largest absolute Gasteiger partial charge is 0.371 e. The van der Waals surface area contributed by atoms with Crippen molar-refractivity contribution in [1.29, 1.82) is 0 Å². The third-order valence-electron chi connectivity index (χ3n) is 4.44. The van der Waals surface area contributed by atoms with Crippen molar-refractivity contribution in [2.45, 2.75) is 6.10 Å². The van der Waals surface area contributed by atoms with Crippen LogP contribution in [0.2, 0.25) is 5.02 Å². The van der Waals surface area contributed by atoms with Crippen molar-refractivity contribution in [3.05, 3.63) is 70.9 Å². The van der Waals surface area contributed by atoms with Gasteiger partial charge in [-0.05, 0) is 29.8 Å². The fourth-order valence-corrected chi connectivity index (χ4v) is 3.24. The van der Waals surface area contributed by atoms with Crippen LogP contribution in [0.15, 0.2) is 54.6 Å². The van der Waals surface area contributed by atoms with Crippen molar-refractivity contribution in [3.8, 4) is 11.3 Å². The molecule has 2 aromatic carbocycles. The molecule has 1 aromatic heterocycles. The highest BCUT2D eigenvalue weighted by molar-refractivity contribution is 6.33. The molecule has 6 nitrogen and oxygen atoms in total. The highest BCUT2D eigenvalue weighted by atomic mass is 35.5. The van der Waals surface area contributed by atoms with E-state index < -0.39 is 0 Å². The van der Waals surface area contributed by atoms with Crippen molar-refractivity contribution in [3.63, 3.8) is 0 Å². The van der Waals surface area contributed by atoms with Gasteiger partial charge in [-0.2, -0.15) is 5.10 Å². The van der Waals surface area contributed by atoms with E-state index in [-0.39, 0.29) is 12.0 Å². The molecule has 27 heavy (non-hydrogen) atoms. The van der Waals surface area contributed by atoms with E-state index >= 15 is 0 Å². The van der Waals surface area contributed by atoms with Gasteiger partial charge in [0.2, 0.25) is 0 Å². The SMILES string of the molecule is O=C(Nc1ccc([C@H]2CNCCO2)cc1)c1cc(-c2ccccc2Cl)n[nH]1. The fourth-order valence-electron chi connectivity index (χ4n) is 3.00. The molecule has 7 heteroatoms. The molecule has 1 saturated heterocycles. The molecule has 1 atom stereocenters. The van der Waals surface area contributed by atoms with Gasteiger partial charge in [0, 0.05) is 24.3 Å². The lowest BCUT2D eigenvalue weighted by atomic mass is 10.1. The second-order valence-electron chi connectivity index (χ2n) is 6.29. The lowest BCUT2D eigenvalue weighted by Gasteiger charge is -2.24. The first kappa shape index (κ1) is 17.7. The predicted octanol–water partition coefficient (Wildman–Crippen LogP) is 3.64. The Balaban J connectivity index is 1.44. The zero-order valence-corrected chi connectivity index (χ0v) is 15.3. The van der Waals surface area contributed by atoms with Crippen LogP contribution in [-0.4, -0.2) is 35.8 Å². The summed E-state index contributed by atoms with van der Waals surface area (Å²) in [6.45, 7) is 2.38. The molecular weight excluding hydrogens is 364 g/mol. The number of aromatic amines is 1. The Morgan fingerprint density at radius 2 is 2.00 bits per heavy atom. The lowest BCUT2D eigenvalue weighted by molar-refractivity contribution is 0.0277. The maximum atomic E-state index is 12.5. The first-order chi connectivity index (χ1) is 13.2. The predicted molar refractivity (Wildman–Crippen MR) is 105 cm³/mol. The number of hydrogen-bond donors (Lipinski definition) is 3. The summed E-state index contributed by atoms with van der Waals surface area (Å²) in [5.74, 6) is -0.260. The Bertz CT molecular complexity index is 933.